The Kier molecular flexibility index (Phi) is 4.75. The lowest BCUT2D eigenvalue weighted by Gasteiger charge is -2.26. The second-order valence-corrected chi connectivity index (χ2v) is 5.33. The van der Waals surface area contributed by atoms with Gasteiger partial charge in [0.05, 0.1) is 6.54 Å². The fourth-order valence-electron chi connectivity index (χ4n) is 1.81. The van der Waals surface area contributed by atoms with Crippen molar-refractivity contribution >= 4 is 34.2 Å². The highest BCUT2D eigenvalue weighted by Crippen LogP contribution is 2.11. The summed E-state index contributed by atoms with van der Waals surface area (Å²) >= 11 is 2.25. The topological polar surface area (TPSA) is 44.4 Å². The van der Waals surface area contributed by atoms with E-state index < -0.39 is 0 Å². The molecule has 4 nitrogen and oxygen atoms in total. The highest BCUT2D eigenvalue weighted by molar-refractivity contribution is 14.1. The van der Waals surface area contributed by atoms with Crippen LogP contribution in [0.3, 0.4) is 0 Å². The Morgan fingerprint density at radius 2 is 1.94 bits per heavy atom. The Labute approximate surface area is 115 Å². The van der Waals surface area contributed by atoms with Gasteiger partial charge in [-0.25, -0.2) is 0 Å². The summed E-state index contributed by atoms with van der Waals surface area (Å²) in [7, 11) is 0. The number of benzene rings is 1. The molecule has 0 bridgehead atoms. The third-order valence-corrected chi connectivity index (χ3v) is 3.42. The molecule has 5 heteroatoms. The summed E-state index contributed by atoms with van der Waals surface area (Å²) in [6.45, 7) is 4.31. The van der Waals surface area contributed by atoms with Gasteiger partial charge in [0.2, 0.25) is 5.91 Å². The third kappa shape index (κ3) is 4.25. The number of nitrogens with zero attached hydrogens (tertiary/aromatic N) is 1. The van der Waals surface area contributed by atoms with Gasteiger partial charge in [-0.1, -0.05) is 0 Å². The maximum atomic E-state index is 11.8. The summed E-state index contributed by atoms with van der Waals surface area (Å²) in [5.74, 6) is 0.0631. The fraction of sp³-hybridized carbons (Fsp3) is 0.417. The second-order valence-electron chi connectivity index (χ2n) is 4.08. The summed E-state index contributed by atoms with van der Waals surface area (Å²) in [6, 6.07) is 7.83. The zero-order valence-electron chi connectivity index (χ0n) is 9.58. The standard InChI is InChI=1S/C12H16IN3O/c13-10-1-3-11(4-2-10)15-12(17)9-16-7-5-14-6-8-16/h1-4,14H,5-9H2,(H,15,17). The molecule has 1 fully saturated rings. The maximum Gasteiger partial charge on any atom is 0.238 e. The molecule has 0 aliphatic carbocycles. The van der Waals surface area contributed by atoms with E-state index >= 15 is 0 Å². The number of carbonyl (C=O) groups excluding carboxylic acids is 1. The zero-order valence-corrected chi connectivity index (χ0v) is 11.7. The van der Waals surface area contributed by atoms with Crippen molar-refractivity contribution in [3.63, 3.8) is 0 Å². The van der Waals surface area contributed by atoms with Gasteiger partial charge in [-0.15, -0.1) is 0 Å². The van der Waals surface area contributed by atoms with E-state index in [1.54, 1.807) is 0 Å². The summed E-state index contributed by atoms with van der Waals surface area (Å²) in [6.07, 6.45) is 0. The molecule has 0 spiro atoms. The quantitative estimate of drug-likeness (QED) is 0.808. The maximum absolute atomic E-state index is 11.8. The minimum absolute atomic E-state index is 0.0631. The van der Waals surface area contributed by atoms with Crippen LogP contribution in [-0.4, -0.2) is 43.5 Å². The Morgan fingerprint density at radius 1 is 1.29 bits per heavy atom. The zero-order chi connectivity index (χ0) is 12.1. The van der Waals surface area contributed by atoms with Crippen molar-refractivity contribution in [3.8, 4) is 0 Å². The number of hydrogen-bond donors (Lipinski definition) is 2. The molecular weight excluding hydrogens is 329 g/mol. The SMILES string of the molecule is O=C(CN1CCNCC1)Nc1ccc(I)cc1. The van der Waals surface area contributed by atoms with E-state index in [-0.39, 0.29) is 5.91 Å². The predicted molar refractivity (Wildman–Crippen MR) is 77.1 cm³/mol. The number of carbonyl (C=O) groups is 1. The summed E-state index contributed by atoms with van der Waals surface area (Å²) in [5, 5.41) is 6.18. The van der Waals surface area contributed by atoms with Crippen LogP contribution in [0.4, 0.5) is 5.69 Å². The van der Waals surface area contributed by atoms with E-state index in [0.717, 1.165) is 31.9 Å². The first-order chi connectivity index (χ1) is 8.24. The van der Waals surface area contributed by atoms with E-state index in [2.05, 4.69) is 38.1 Å². The van der Waals surface area contributed by atoms with Gasteiger partial charge in [0.25, 0.3) is 0 Å². The first-order valence-corrected chi connectivity index (χ1v) is 6.80. The average Bonchev–Trinajstić information content (AvgIpc) is 2.33. The smallest absolute Gasteiger partial charge is 0.238 e. The molecule has 1 saturated heterocycles. The minimum Gasteiger partial charge on any atom is -0.325 e. The fourth-order valence-corrected chi connectivity index (χ4v) is 2.17. The highest BCUT2D eigenvalue weighted by atomic mass is 127. The van der Waals surface area contributed by atoms with E-state index in [0.29, 0.717) is 6.54 Å². The van der Waals surface area contributed by atoms with Crippen LogP contribution in [0.1, 0.15) is 0 Å². The van der Waals surface area contributed by atoms with Crippen LogP contribution < -0.4 is 10.6 Å². The minimum atomic E-state index is 0.0631. The van der Waals surface area contributed by atoms with Crippen molar-refractivity contribution in [1.29, 1.82) is 0 Å². The Bertz CT molecular complexity index is 374. The number of hydrogen-bond acceptors (Lipinski definition) is 3. The predicted octanol–water partition coefficient (Wildman–Crippen LogP) is 1.13. The number of nitrogens with one attached hydrogen (secondary N) is 2. The van der Waals surface area contributed by atoms with Crippen LogP contribution in [0, 0.1) is 3.57 Å². The molecule has 0 aromatic heterocycles. The van der Waals surface area contributed by atoms with Crippen molar-refractivity contribution in [2.45, 2.75) is 0 Å². The molecule has 2 N–H and O–H groups in total. The van der Waals surface area contributed by atoms with E-state index in [9.17, 15) is 4.79 Å². The highest BCUT2D eigenvalue weighted by Gasteiger charge is 2.13. The Balaban J connectivity index is 1.82. The summed E-state index contributed by atoms with van der Waals surface area (Å²) in [4.78, 5) is 14.0. The molecule has 17 heavy (non-hydrogen) atoms. The molecule has 92 valence electrons. The van der Waals surface area contributed by atoms with Gasteiger partial charge in [-0.2, -0.15) is 0 Å². The van der Waals surface area contributed by atoms with Crippen molar-refractivity contribution in [2.24, 2.45) is 0 Å². The largest absolute Gasteiger partial charge is 0.325 e. The molecule has 0 radical (unpaired) electrons. The van der Waals surface area contributed by atoms with Crippen LogP contribution in [-0.2, 0) is 4.79 Å². The first-order valence-electron chi connectivity index (χ1n) is 5.72. The number of halogens is 1. The van der Waals surface area contributed by atoms with Gasteiger partial charge in [-0.05, 0) is 46.9 Å². The van der Waals surface area contributed by atoms with Gasteiger partial charge in [0, 0.05) is 35.4 Å². The molecule has 2 rings (SSSR count). The van der Waals surface area contributed by atoms with Crippen molar-refractivity contribution in [2.75, 3.05) is 38.0 Å². The molecule has 0 unspecified atom stereocenters. The Morgan fingerprint density at radius 3 is 2.59 bits per heavy atom. The Hall–Kier alpha value is -0.660. The van der Waals surface area contributed by atoms with Crippen LogP contribution >= 0.6 is 22.6 Å². The first kappa shape index (κ1) is 12.8. The van der Waals surface area contributed by atoms with E-state index in [4.69, 9.17) is 0 Å². The van der Waals surface area contributed by atoms with Crippen molar-refractivity contribution in [1.82, 2.24) is 10.2 Å². The van der Waals surface area contributed by atoms with Gasteiger partial charge in [0.15, 0.2) is 0 Å². The molecular formula is C12H16IN3O. The van der Waals surface area contributed by atoms with Crippen LogP contribution in [0.2, 0.25) is 0 Å². The van der Waals surface area contributed by atoms with Gasteiger partial charge in [-0.3, -0.25) is 9.69 Å². The molecule has 1 aromatic carbocycles. The van der Waals surface area contributed by atoms with Gasteiger partial charge in [0.1, 0.15) is 0 Å². The van der Waals surface area contributed by atoms with E-state index in [1.807, 2.05) is 24.3 Å². The summed E-state index contributed by atoms with van der Waals surface area (Å²) in [5.41, 5.74) is 0.866. The van der Waals surface area contributed by atoms with E-state index in [1.165, 1.54) is 3.57 Å². The number of rotatable bonds is 3. The lowest BCUT2D eigenvalue weighted by molar-refractivity contribution is -0.117. The molecule has 1 amide bonds. The van der Waals surface area contributed by atoms with Crippen LogP contribution in [0.15, 0.2) is 24.3 Å². The van der Waals surface area contributed by atoms with Crippen molar-refractivity contribution in [3.05, 3.63) is 27.8 Å². The molecule has 1 aliphatic rings. The van der Waals surface area contributed by atoms with Crippen LogP contribution in [0.5, 0.6) is 0 Å². The molecule has 0 atom stereocenters. The molecule has 1 aromatic rings. The second kappa shape index (κ2) is 6.32. The molecule has 1 heterocycles. The lowest BCUT2D eigenvalue weighted by Crippen LogP contribution is -2.46. The molecule has 0 saturated carbocycles. The van der Waals surface area contributed by atoms with Crippen molar-refractivity contribution < 1.29 is 4.79 Å². The van der Waals surface area contributed by atoms with Gasteiger partial charge >= 0.3 is 0 Å². The van der Waals surface area contributed by atoms with Gasteiger partial charge < -0.3 is 10.6 Å². The lowest BCUT2D eigenvalue weighted by atomic mass is 10.3. The molecule has 1 aliphatic heterocycles. The monoisotopic (exact) mass is 345 g/mol. The summed E-state index contributed by atoms with van der Waals surface area (Å²) < 4.78 is 1.17. The average molecular weight is 345 g/mol. The number of anilines is 1. The van der Waals surface area contributed by atoms with Crippen LogP contribution in [0.25, 0.3) is 0 Å². The number of piperazine rings is 1. The number of amides is 1. The third-order valence-electron chi connectivity index (χ3n) is 2.70. The normalized spacial score (nSPS) is 16.8.